The lowest BCUT2D eigenvalue weighted by Crippen LogP contribution is -2.23. The highest BCUT2D eigenvalue weighted by Gasteiger charge is 2.21. The third-order valence-electron chi connectivity index (χ3n) is 6.68. The van der Waals surface area contributed by atoms with Gasteiger partial charge in [-0.05, 0) is 61.9 Å². The van der Waals surface area contributed by atoms with E-state index in [1.165, 1.54) is 21.4 Å². The molecule has 8 heteroatoms. The first-order chi connectivity index (χ1) is 18.5. The molecular formula is C30H23N5O2S. The van der Waals surface area contributed by atoms with Gasteiger partial charge in [0, 0.05) is 29.3 Å². The first-order valence-electron chi connectivity index (χ1n) is 12.5. The van der Waals surface area contributed by atoms with Crippen LogP contribution in [0, 0.1) is 6.92 Å². The zero-order valence-electron chi connectivity index (χ0n) is 20.8. The molecular weight excluding hydrogens is 494 g/mol. The Morgan fingerprint density at radius 1 is 1.00 bits per heavy atom. The van der Waals surface area contributed by atoms with Crippen molar-refractivity contribution < 1.29 is 4.74 Å². The van der Waals surface area contributed by atoms with Crippen LogP contribution in [-0.4, -0.2) is 30.5 Å². The van der Waals surface area contributed by atoms with E-state index in [-0.39, 0.29) is 11.7 Å². The van der Waals surface area contributed by atoms with E-state index in [9.17, 15) is 4.79 Å². The molecule has 0 spiro atoms. The Bertz CT molecular complexity index is 1940. The molecule has 0 amide bonds. The molecule has 1 aliphatic heterocycles. The van der Waals surface area contributed by atoms with Crippen molar-refractivity contribution in [2.45, 2.75) is 26.4 Å². The lowest BCUT2D eigenvalue weighted by atomic mass is 10.0. The van der Waals surface area contributed by atoms with Gasteiger partial charge in [0.15, 0.2) is 5.82 Å². The molecule has 0 aliphatic carbocycles. The lowest BCUT2D eigenvalue weighted by molar-refractivity contribution is 0.254. The number of fused-ring (bicyclic) bond motifs is 2. The maximum Gasteiger partial charge on any atom is 0.291 e. The van der Waals surface area contributed by atoms with Gasteiger partial charge < -0.3 is 4.74 Å². The van der Waals surface area contributed by atoms with Crippen molar-refractivity contribution in [1.29, 1.82) is 0 Å². The number of nitrogens with zero attached hydrogens (tertiary/aromatic N) is 5. The largest absolute Gasteiger partial charge is 0.490 e. The lowest BCUT2D eigenvalue weighted by Gasteiger charge is -2.04. The summed E-state index contributed by atoms with van der Waals surface area (Å²) in [6.07, 6.45) is 4.88. The van der Waals surface area contributed by atoms with E-state index in [1.807, 2.05) is 90.6 Å². The van der Waals surface area contributed by atoms with Crippen molar-refractivity contribution in [3.05, 3.63) is 111 Å². The quantitative estimate of drug-likeness (QED) is 0.334. The summed E-state index contributed by atoms with van der Waals surface area (Å²) < 4.78 is 9.70. The van der Waals surface area contributed by atoms with Gasteiger partial charge in [0.2, 0.25) is 4.96 Å². The smallest absolute Gasteiger partial charge is 0.291 e. The van der Waals surface area contributed by atoms with Crippen LogP contribution in [0.1, 0.15) is 23.6 Å². The SMILES string of the molecule is Cc1cccc(-c2nc3s/c(=C\c4cn(-c5ccccc5)nc4-c4ccc5c(c4)CC(C)O5)c(=O)n3n2)c1. The van der Waals surface area contributed by atoms with E-state index in [0.29, 0.717) is 15.3 Å². The van der Waals surface area contributed by atoms with Crippen molar-refractivity contribution in [3.8, 4) is 34.1 Å². The van der Waals surface area contributed by atoms with Crippen LogP contribution in [0.2, 0.25) is 0 Å². The molecule has 38 heavy (non-hydrogen) atoms. The number of aryl methyl sites for hydroxylation is 1. The van der Waals surface area contributed by atoms with Crippen LogP contribution < -0.4 is 14.8 Å². The Balaban J connectivity index is 1.36. The third kappa shape index (κ3) is 3.90. The molecule has 0 saturated heterocycles. The molecule has 3 aromatic carbocycles. The summed E-state index contributed by atoms with van der Waals surface area (Å²) in [7, 11) is 0. The minimum atomic E-state index is -0.189. The molecule has 3 aromatic heterocycles. The number of ether oxygens (including phenoxy) is 1. The number of hydrogen-bond donors (Lipinski definition) is 0. The highest BCUT2D eigenvalue weighted by molar-refractivity contribution is 7.15. The van der Waals surface area contributed by atoms with E-state index >= 15 is 0 Å². The average Bonchev–Trinajstić information content (AvgIpc) is 3.68. The molecule has 0 fully saturated rings. The number of thiazole rings is 1. The first kappa shape index (κ1) is 22.6. The zero-order chi connectivity index (χ0) is 25.8. The molecule has 0 saturated carbocycles. The fourth-order valence-electron chi connectivity index (χ4n) is 4.88. The molecule has 7 nitrogen and oxygen atoms in total. The summed E-state index contributed by atoms with van der Waals surface area (Å²) in [6.45, 7) is 4.10. The van der Waals surface area contributed by atoms with Crippen LogP contribution in [0.4, 0.5) is 0 Å². The van der Waals surface area contributed by atoms with Gasteiger partial charge >= 0.3 is 0 Å². The summed E-state index contributed by atoms with van der Waals surface area (Å²) in [5.74, 6) is 1.47. The predicted molar refractivity (Wildman–Crippen MR) is 149 cm³/mol. The number of benzene rings is 3. The number of aromatic nitrogens is 5. The summed E-state index contributed by atoms with van der Waals surface area (Å²) in [4.78, 5) is 18.6. The van der Waals surface area contributed by atoms with Gasteiger partial charge in [-0.25, -0.2) is 4.68 Å². The number of para-hydroxylation sites is 1. The molecule has 6 aromatic rings. The maximum atomic E-state index is 13.4. The van der Waals surface area contributed by atoms with Crippen LogP contribution in [0.5, 0.6) is 5.75 Å². The highest BCUT2D eigenvalue weighted by Crippen LogP contribution is 2.34. The Labute approximate surface area is 222 Å². The first-order valence-corrected chi connectivity index (χ1v) is 13.3. The van der Waals surface area contributed by atoms with Gasteiger partial charge in [0.25, 0.3) is 5.56 Å². The van der Waals surface area contributed by atoms with Crippen LogP contribution in [0.3, 0.4) is 0 Å². The van der Waals surface area contributed by atoms with Crippen LogP contribution in [-0.2, 0) is 6.42 Å². The van der Waals surface area contributed by atoms with Crippen molar-refractivity contribution in [3.63, 3.8) is 0 Å². The van der Waals surface area contributed by atoms with E-state index in [4.69, 9.17) is 9.84 Å². The average molecular weight is 518 g/mol. The number of rotatable bonds is 4. The topological polar surface area (TPSA) is 74.3 Å². The van der Waals surface area contributed by atoms with Gasteiger partial charge in [0.05, 0.1) is 10.2 Å². The molecule has 0 bridgehead atoms. The Hall–Kier alpha value is -4.56. The normalized spacial score (nSPS) is 15.2. The summed E-state index contributed by atoms with van der Waals surface area (Å²) in [6, 6.07) is 24.1. The van der Waals surface area contributed by atoms with E-state index in [1.54, 1.807) is 0 Å². The summed E-state index contributed by atoms with van der Waals surface area (Å²) in [5, 5.41) is 9.45. The molecule has 7 rings (SSSR count). The minimum absolute atomic E-state index is 0.163. The van der Waals surface area contributed by atoms with E-state index < -0.39 is 0 Å². The third-order valence-corrected chi connectivity index (χ3v) is 7.64. The van der Waals surface area contributed by atoms with E-state index in [0.717, 1.165) is 45.8 Å². The molecule has 1 aliphatic rings. The van der Waals surface area contributed by atoms with Gasteiger partial charge in [-0.15, -0.1) is 5.10 Å². The van der Waals surface area contributed by atoms with Crippen molar-refractivity contribution in [1.82, 2.24) is 24.4 Å². The molecule has 186 valence electrons. The fraction of sp³-hybridized carbons (Fsp3) is 0.133. The second kappa shape index (κ2) is 8.78. The van der Waals surface area contributed by atoms with Gasteiger partial charge in [-0.1, -0.05) is 53.3 Å². The molecule has 0 N–H and O–H groups in total. The zero-order valence-corrected chi connectivity index (χ0v) is 21.6. The van der Waals surface area contributed by atoms with E-state index in [2.05, 4.69) is 23.1 Å². The number of hydrogen-bond acceptors (Lipinski definition) is 6. The second-order valence-corrected chi connectivity index (χ2v) is 10.6. The Morgan fingerprint density at radius 2 is 1.87 bits per heavy atom. The van der Waals surface area contributed by atoms with Crippen LogP contribution >= 0.6 is 11.3 Å². The van der Waals surface area contributed by atoms with Gasteiger partial charge in [-0.3, -0.25) is 4.79 Å². The molecule has 1 atom stereocenters. The fourth-order valence-corrected chi connectivity index (χ4v) is 5.78. The Morgan fingerprint density at radius 3 is 2.68 bits per heavy atom. The summed E-state index contributed by atoms with van der Waals surface area (Å²) in [5.41, 5.74) is 6.57. The minimum Gasteiger partial charge on any atom is -0.490 e. The predicted octanol–water partition coefficient (Wildman–Crippen LogP) is 4.85. The summed E-state index contributed by atoms with van der Waals surface area (Å²) >= 11 is 1.33. The molecule has 0 radical (unpaired) electrons. The maximum absolute atomic E-state index is 13.4. The van der Waals surface area contributed by atoms with Gasteiger partial charge in [-0.2, -0.15) is 14.6 Å². The Kier molecular flexibility index (Phi) is 5.23. The van der Waals surface area contributed by atoms with Crippen molar-refractivity contribution in [2.75, 3.05) is 0 Å². The van der Waals surface area contributed by atoms with Crippen LogP contribution in [0.15, 0.2) is 83.8 Å². The van der Waals surface area contributed by atoms with Crippen molar-refractivity contribution in [2.24, 2.45) is 0 Å². The monoisotopic (exact) mass is 517 g/mol. The van der Waals surface area contributed by atoms with Gasteiger partial charge in [0.1, 0.15) is 17.5 Å². The highest BCUT2D eigenvalue weighted by atomic mass is 32.1. The molecule has 1 unspecified atom stereocenters. The van der Waals surface area contributed by atoms with Crippen molar-refractivity contribution >= 4 is 22.4 Å². The molecule has 4 heterocycles. The standard InChI is InChI=1S/C30H23N5O2S/c1-18-7-6-8-21(13-18)28-31-30-35(33-28)29(36)26(38-30)16-23-17-34(24-9-4-3-5-10-24)32-27(23)20-11-12-25-22(15-20)14-19(2)37-25/h3-13,15-17,19H,14H2,1-2H3/b26-16-. The van der Waals surface area contributed by atoms with Crippen LogP contribution in [0.25, 0.3) is 39.4 Å². The second-order valence-electron chi connectivity index (χ2n) is 9.58.